The third-order valence-electron chi connectivity index (χ3n) is 3.42. The Bertz CT molecular complexity index is 368. The third kappa shape index (κ3) is 3.35. The summed E-state index contributed by atoms with van der Waals surface area (Å²) in [5.74, 6) is 0.520. The maximum atomic E-state index is 5.93. The van der Waals surface area contributed by atoms with E-state index in [9.17, 15) is 0 Å². The van der Waals surface area contributed by atoms with E-state index in [4.69, 9.17) is 4.74 Å². The van der Waals surface area contributed by atoms with Crippen molar-refractivity contribution >= 4 is 0 Å². The highest BCUT2D eigenvalue weighted by Crippen LogP contribution is 2.41. The summed E-state index contributed by atoms with van der Waals surface area (Å²) in [7, 11) is 0. The van der Waals surface area contributed by atoms with Gasteiger partial charge in [-0.15, -0.1) is 0 Å². The van der Waals surface area contributed by atoms with E-state index in [2.05, 4.69) is 59.7 Å². The molecule has 1 aromatic rings. The molecule has 0 aromatic heterocycles. The minimum Gasteiger partial charge on any atom is -0.366 e. The van der Waals surface area contributed by atoms with Crippen molar-refractivity contribution in [1.82, 2.24) is 0 Å². The summed E-state index contributed by atoms with van der Waals surface area (Å²) < 4.78 is 5.93. The van der Waals surface area contributed by atoms with E-state index < -0.39 is 0 Å². The Morgan fingerprint density at radius 3 is 2.33 bits per heavy atom. The molecule has 0 bridgehead atoms. The van der Waals surface area contributed by atoms with E-state index in [0.717, 1.165) is 6.61 Å². The zero-order valence-corrected chi connectivity index (χ0v) is 12.1. The Morgan fingerprint density at radius 1 is 1.28 bits per heavy atom. The largest absolute Gasteiger partial charge is 0.366 e. The summed E-state index contributed by atoms with van der Waals surface area (Å²) in [4.78, 5) is 0. The highest BCUT2D eigenvalue weighted by Gasteiger charge is 2.38. The highest BCUT2D eigenvalue weighted by molar-refractivity contribution is 5.38. The van der Waals surface area contributed by atoms with Crippen LogP contribution < -0.4 is 0 Å². The van der Waals surface area contributed by atoms with Crippen molar-refractivity contribution in [2.24, 2.45) is 5.92 Å². The fourth-order valence-electron chi connectivity index (χ4n) is 2.11. The molecule has 0 radical (unpaired) electrons. The molecule has 1 unspecified atom stereocenters. The monoisotopic (exact) mass is 250 g/mol. The number of hydrogen-bond donors (Lipinski definition) is 0. The summed E-state index contributed by atoms with van der Waals surface area (Å²) in [5, 5.41) is 0. The van der Waals surface area contributed by atoms with E-state index in [1.807, 2.05) is 0 Å². The van der Waals surface area contributed by atoms with Gasteiger partial charge in [0.25, 0.3) is 0 Å². The molecule has 0 spiro atoms. The molecule has 1 aliphatic rings. The molecule has 0 aliphatic carbocycles. The van der Waals surface area contributed by atoms with Crippen LogP contribution in [0.1, 0.15) is 65.2 Å². The zero-order chi connectivity index (χ0) is 13.1. The predicted molar refractivity (Wildman–Crippen MR) is 80.9 cm³/mol. The number of aryl methyl sites for hydroxylation is 1. The maximum Gasteiger partial charge on any atom is 0.0934 e. The first-order valence-electron chi connectivity index (χ1n) is 6.69. The summed E-state index contributed by atoms with van der Waals surface area (Å²) in [5.41, 5.74) is 3.97. The quantitative estimate of drug-likeness (QED) is 0.644. The first kappa shape index (κ1) is 17.2. The molecule has 1 aliphatic heterocycles. The molecule has 0 N–H and O–H groups in total. The van der Waals surface area contributed by atoms with Crippen molar-refractivity contribution in [3.05, 3.63) is 34.9 Å². The molecule has 0 fully saturated rings. The smallest absolute Gasteiger partial charge is 0.0934 e. The molecule has 0 saturated carbocycles. The molecule has 1 heteroatoms. The van der Waals surface area contributed by atoms with E-state index in [-0.39, 0.29) is 13.0 Å². The lowest BCUT2D eigenvalue weighted by Crippen LogP contribution is -2.27. The summed E-state index contributed by atoms with van der Waals surface area (Å²) in [6.45, 7) is 13.8. The molecule has 18 heavy (non-hydrogen) atoms. The van der Waals surface area contributed by atoms with Gasteiger partial charge in [-0.1, -0.05) is 65.3 Å². The van der Waals surface area contributed by atoms with Gasteiger partial charge in [-0.2, -0.15) is 0 Å². The van der Waals surface area contributed by atoms with Gasteiger partial charge < -0.3 is 4.74 Å². The van der Waals surface area contributed by atoms with Crippen LogP contribution in [0.25, 0.3) is 0 Å². The van der Waals surface area contributed by atoms with Crippen LogP contribution in [0.4, 0.5) is 0 Å². The molecule has 0 saturated heterocycles. The van der Waals surface area contributed by atoms with E-state index in [1.54, 1.807) is 0 Å². The van der Waals surface area contributed by atoms with Crippen molar-refractivity contribution in [2.45, 2.75) is 67.6 Å². The second-order valence-corrected chi connectivity index (χ2v) is 5.42. The SMILES string of the molecule is C.CCC.Cc1ccc2c(c1)COC2(C)C(C)C. The average molecular weight is 250 g/mol. The van der Waals surface area contributed by atoms with Gasteiger partial charge in [0, 0.05) is 0 Å². The molecule has 1 atom stereocenters. The van der Waals surface area contributed by atoms with Crippen LogP contribution in [0.3, 0.4) is 0 Å². The van der Waals surface area contributed by atoms with Crippen molar-refractivity contribution < 1.29 is 4.74 Å². The Kier molecular flexibility index (Phi) is 6.62. The van der Waals surface area contributed by atoms with Gasteiger partial charge in [0.05, 0.1) is 12.2 Å². The first-order valence-corrected chi connectivity index (χ1v) is 6.69. The van der Waals surface area contributed by atoms with E-state index in [0.29, 0.717) is 5.92 Å². The topological polar surface area (TPSA) is 9.23 Å². The standard InChI is InChI=1S/C13H18O.C3H8.CH4/c1-9(2)13(4)12-6-5-10(3)7-11(12)8-14-13;1-3-2;/h5-7,9H,8H2,1-4H3;3H2,1-2H3;1H4. The van der Waals surface area contributed by atoms with Crippen LogP contribution in [0.5, 0.6) is 0 Å². The molecular weight excluding hydrogens is 220 g/mol. The molecule has 1 heterocycles. The summed E-state index contributed by atoms with van der Waals surface area (Å²) >= 11 is 0. The van der Waals surface area contributed by atoms with Gasteiger partial charge in [-0.3, -0.25) is 0 Å². The fraction of sp³-hybridized carbons (Fsp3) is 0.647. The molecule has 1 aromatic carbocycles. The summed E-state index contributed by atoms with van der Waals surface area (Å²) in [6, 6.07) is 6.63. The van der Waals surface area contributed by atoms with Crippen molar-refractivity contribution in [1.29, 1.82) is 0 Å². The van der Waals surface area contributed by atoms with Crippen LogP contribution in [-0.2, 0) is 16.9 Å². The van der Waals surface area contributed by atoms with Crippen LogP contribution in [-0.4, -0.2) is 0 Å². The van der Waals surface area contributed by atoms with Crippen LogP contribution in [0.15, 0.2) is 18.2 Å². The van der Waals surface area contributed by atoms with Crippen molar-refractivity contribution in [3.63, 3.8) is 0 Å². The predicted octanol–water partition coefficient (Wildman–Crippen LogP) is 5.45. The van der Waals surface area contributed by atoms with E-state index in [1.165, 1.54) is 23.1 Å². The maximum absolute atomic E-state index is 5.93. The van der Waals surface area contributed by atoms with Gasteiger partial charge in [0.2, 0.25) is 0 Å². The minimum atomic E-state index is -0.0803. The fourth-order valence-corrected chi connectivity index (χ4v) is 2.11. The van der Waals surface area contributed by atoms with E-state index >= 15 is 0 Å². The van der Waals surface area contributed by atoms with Gasteiger partial charge in [-0.25, -0.2) is 0 Å². The Morgan fingerprint density at radius 2 is 1.83 bits per heavy atom. The number of rotatable bonds is 1. The molecule has 0 amide bonds. The number of fused-ring (bicyclic) bond motifs is 1. The Labute approximate surface area is 114 Å². The molecular formula is C17H30O. The lowest BCUT2D eigenvalue weighted by atomic mass is 9.84. The van der Waals surface area contributed by atoms with Gasteiger partial charge in [0.1, 0.15) is 0 Å². The Balaban J connectivity index is 0.000000660. The normalized spacial score (nSPS) is 20.8. The van der Waals surface area contributed by atoms with Crippen LogP contribution in [0, 0.1) is 12.8 Å². The van der Waals surface area contributed by atoms with Crippen LogP contribution in [0.2, 0.25) is 0 Å². The second-order valence-electron chi connectivity index (χ2n) is 5.42. The molecule has 104 valence electrons. The second kappa shape index (κ2) is 6.94. The molecule has 1 nitrogen and oxygen atoms in total. The highest BCUT2D eigenvalue weighted by atomic mass is 16.5. The number of hydrogen-bond acceptors (Lipinski definition) is 1. The average Bonchev–Trinajstić information content (AvgIpc) is 2.58. The minimum absolute atomic E-state index is 0. The van der Waals surface area contributed by atoms with Crippen LogP contribution >= 0.6 is 0 Å². The summed E-state index contributed by atoms with van der Waals surface area (Å²) in [6.07, 6.45) is 1.25. The molecule has 2 rings (SSSR count). The van der Waals surface area contributed by atoms with Crippen molar-refractivity contribution in [2.75, 3.05) is 0 Å². The lowest BCUT2D eigenvalue weighted by molar-refractivity contribution is -0.0576. The zero-order valence-electron chi connectivity index (χ0n) is 12.1. The van der Waals surface area contributed by atoms with Gasteiger partial charge in [-0.05, 0) is 30.9 Å². The number of ether oxygens (including phenoxy) is 1. The van der Waals surface area contributed by atoms with Crippen molar-refractivity contribution in [3.8, 4) is 0 Å². The van der Waals surface area contributed by atoms with Gasteiger partial charge >= 0.3 is 0 Å². The number of benzene rings is 1. The lowest BCUT2D eigenvalue weighted by Gasteiger charge is -2.29. The van der Waals surface area contributed by atoms with Gasteiger partial charge in [0.15, 0.2) is 0 Å². The first-order chi connectivity index (χ1) is 7.95. The Hall–Kier alpha value is -0.820. The third-order valence-corrected chi connectivity index (χ3v) is 3.42.